The molecule has 3 fully saturated rings. The number of thioether (sulfide) groups is 1. The molecule has 0 radical (unpaired) electrons. The summed E-state index contributed by atoms with van der Waals surface area (Å²) in [4.78, 5) is 68.8. The van der Waals surface area contributed by atoms with E-state index in [4.69, 9.17) is 9.84 Å². The molecule has 6 unspecified atom stereocenters. The van der Waals surface area contributed by atoms with Crippen LogP contribution in [0.5, 0.6) is 5.75 Å². The third kappa shape index (κ3) is 5.42. The first kappa shape index (κ1) is 30.7. The lowest BCUT2D eigenvalue weighted by Gasteiger charge is -2.43. The van der Waals surface area contributed by atoms with Crippen LogP contribution in [0.2, 0.25) is 0 Å². The normalized spacial score (nSPS) is 27.3. The molecule has 3 amide bonds. The number of carboxylic acid groups (broad SMARTS) is 1. The minimum atomic E-state index is -0.857. The highest BCUT2D eigenvalue weighted by Gasteiger charge is 2.69. The van der Waals surface area contributed by atoms with E-state index in [0.717, 1.165) is 33.2 Å². The Morgan fingerprint density at radius 3 is 2.50 bits per heavy atom. The number of fused-ring (bicyclic) bond motifs is 9. The number of unbranched alkanes of at least 4 members (excludes halogenated alkanes) is 2. The smallest absolute Gasteiger partial charge is 0.305 e. The van der Waals surface area contributed by atoms with Gasteiger partial charge in [-0.1, -0.05) is 36.0 Å². The average Bonchev–Trinajstić information content (AvgIpc) is 3.77. The number of aromatic nitrogens is 1. The van der Waals surface area contributed by atoms with Crippen molar-refractivity contribution < 1.29 is 33.4 Å². The third-order valence-electron chi connectivity index (χ3n) is 9.83. The van der Waals surface area contributed by atoms with E-state index in [1.165, 1.54) is 29.2 Å². The van der Waals surface area contributed by atoms with Gasteiger partial charge in [-0.15, -0.1) is 11.8 Å². The number of H-pyrrole nitrogens is 1. The second-order valence-corrected chi connectivity index (χ2v) is 14.6. The van der Waals surface area contributed by atoms with Gasteiger partial charge in [0, 0.05) is 40.3 Å². The summed E-state index contributed by atoms with van der Waals surface area (Å²) < 4.78 is 19.4. The molecule has 3 heterocycles. The number of imide groups is 1. The number of ether oxygens (including phenoxy) is 1. The number of aliphatic carboxylic acids is 1. The van der Waals surface area contributed by atoms with Crippen molar-refractivity contribution in [1.29, 1.82) is 0 Å². The Balaban J connectivity index is 1.14. The fraction of sp³-hybridized carbons (Fsp3) is 0.424. The Morgan fingerprint density at radius 1 is 1.00 bits per heavy atom. The molecule has 0 spiro atoms. The van der Waals surface area contributed by atoms with Crippen LogP contribution in [0.3, 0.4) is 0 Å². The van der Waals surface area contributed by atoms with Crippen LogP contribution in [-0.2, 0) is 19.2 Å². The number of halogens is 1. The largest absolute Gasteiger partial charge is 0.483 e. The lowest BCUT2D eigenvalue weighted by Crippen LogP contribution is -2.42. The molecule has 10 nitrogen and oxygen atoms in total. The van der Waals surface area contributed by atoms with Gasteiger partial charge in [-0.05, 0) is 67.3 Å². The lowest BCUT2D eigenvalue weighted by molar-refractivity contribution is -0.141. The van der Waals surface area contributed by atoms with E-state index < -0.39 is 23.6 Å². The van der Waals surface area contributed by atoms with Crippen molar-refractivity contribution in [2.45, 2.75) is 48.3 Å². The number of carbonyl (C=O) groups excluding carboxylic acids is 3. The van der Waals surface area contributed by atoms with Gasteiger partial charge < -0.3 is 20.1 Å². The van der Waals surface area contributed by atoms with Gasteiger partial charge >= 0.3 is 10.8 Å². The molecule has 2 aliphatic carbocycles. The second kappa shape index (κ2) is 12.3. The van der Waals surface area contributed by atoms with E-state index in [2.05, 4.69) is 10.3 Å². The highest BCUT2D eigenvalue weighted by Crippen LogP contribution is 2.69. The zero-order valence-electron chi connectivity index (χ0n) is 24.6. The van der Waals surface area contributed by atoms with Gasteiger partial charge in [0.25, 0.3) is 5.91 Å². The summed E-state index contributed by atoms with van der Waals surface area (Å²) in [7, 11) is 0. The summed E-state index contributed by atoms with van der Waals surface area (Å²) in [5.41, 5.74) is 1.26. The van der Waals surface area contributed by atoms with Gasteiger partial charge in [-0.25, -0.2) is 4.39 Å². The van der Waals surface area contributed by atoms with Gasteiger partial charge in [-0.2, -0.15) is 0 Å². The number of rotatable bonds is 11. The Labute approximate surface area is 271 Å². The Morgan fingerprint density at radius 2 is 1.74 bits per heavy atom. The van der Waals surface area contributed by atoms with Crippen molar-refractivity contribution >= 4 is 52.5 Å². The van der Waals surface area contributed by atoms with E-state index in [0.29, 0.717) is 37.2 Å². The van der Waals surface area contributed by atoms with Gasteiger partial charge in [-0.3, -0.25) is 28.9 Å². The molecule has 2 saturated carbocycles. The van der Waals surface area contributed by atoms with Crippen LogP contribution in [0.4, 0.5) is 10.1 Å². The quantitative estimate of drug-likeness (QED) is 0.197. The van der Waals surface area contributed by atoms with Crippen LogP contribution in [0, 0.1) is 35.4 Å². The first-order valence-corrected chi connectivity index (χ1v) is 17.1. The first-order chi connectivity index (χ1) is 22.2. The summed E-state index contributed by atoms with van der Waals surface area (Å²) in [6.07, 6.45) is 2.51. The number of para-hydroxylation sites is 1. The second-order valence-electron chi connectivity index (χ2n) is 12.4. The van der Waals surface area contributed by atoms with Gasteiger partial charge in [0.2, 0.25) is 11.8 Å². The molecule has 2 aromatic carbocycles. The molecule has 3 aromatic rings. The molecule has 4 aliphatic rings. The minimum Gasteiger partial charge on any atom is -0.483 e. The van der Waals surface area contributed by atoms with Gasteiger partial charge in [0.1, 0.15) is 11.6 Å². The number of carbonyl (C=O) groups is 4. The molecule has 1 saturated heterocycles. The third-order valence-corrected chi connectivity index (χ3v) is 12.4. The molecule has 2 aliphatic heterocycles. The topological polar surface area (TPSA) is 146 Å². The number of likely N-dealkylation sites (tertiary alicyclic amines) is 1. The summed E-state index contributed by atoms with van der Waals surface area (Å²) >= 11 is 2.75. The molecule has 3 N–H and O–H groups in total. The number of thiazole rings is 1. The summed E-state index contributed by atoms with van der Waals surface area (Å²) in [6.45, 7) is 0.0122. The molecule has 46 heavy (non-hydrogen) atoms. The summed E-state index contributed by atoms with van der Waals surface area (Å²) in [6, 6.07) is 12.9. The maximum absolute atomic E-state index is 13.8. The maximum atomic E-state index is 13.8. The number of benzene rings is 2. The molecule has 7 rings (SSSR count). The molecule has 7 atom stereocenters. The van der Waals surface area contributed by atoms with E-state index in [1.807, 2.05) is 18.2 Å². The van der Waals surface area contributed by atoms with Crippen molar-refractivity contribution in [2.24, 2.45) is 29.6 Å². The standard InChI is InChI=1S/C33H32FN3O7S2/c34-16-9-11-17(12-10-16)35-22(38)15-44-21-7-4-3-6-18(21)24-25-19-14-20(28(25)45-30-29(24)46-33(43)36-30)27-26(19)31(41)37(32(27)42)13-5-1-2-8-23(39)40/h3-4,6-7,9-12,19-20,24-28H,1-2,5,8,13-15H2,(H,35,38)(H,36,43)(H,39,40)/t19?,20?,24-,25?,26?,27?,28?/m1/s1. The lowest BCUT2D eigenvalue weighted by atomic mass is 9.68. The monoisotopic (exact) mass is 665 g/mol. The Bertz CT molecular complexity index is 1760. The number of nitrogens with zero attached hydrogens (tertiary/aromatic N) is 1. The predicted molar refractivity (Wildman–Crippen MR) is 168 cm³/mol. The number of aromatic amines is 1. The molecular formula is C33H32FN3O7S2. The molecule has 2 bridgehead atoms. The van der Waals surface area contributed by atoms with Crippen LogP contribution in [0.1, 0.15) is 48.5 Å². The van der Waals surface area contributed by atoms with Gasteiger partial charge in [0.05, 0.1) is 16.9 Å². The highest BCUT2D eigenvalue weighted by atomic mass is 32.2. The number of anilines is 1. The van der Waals surface area contributed by atoms with E-state index in [1.54, 1.807) is 17.8 Å². The van der Waals surface area contributed by atoms with E-state index >= 15 is 0 Å². The molecule has 13 heteroatoms. The average molecular weight is 666 g/mol. The van der Waals surface area contributed by atoms with E-state index in [9.17, 15) is 28.4 Å². The van der Waals surface area contributed by atoms with Crippen LogP contribution in [0.15, 0.2) is 58.4 Å². The zero-order chi connectivity index (χ0) is 32.1. The molecular weight excluding hydrogens is 634 g/mol. The van der Waals surface area contributed by atoms with Crippen LogP contribution < -0.4 is 14.9 Å². The van der Waals surface area contributed by atoms with Crippen molar-refractivity contribution in [1.82, 2.24) is 9.88 Å². The minimum absolute atomic E-state index is 0.0103. The van der Waals surface area contributed by atoms with E-state index in [-0.39, 0.29) is 64.6 Å². The molecule has 240 valence electrons. The number of hydrogen-bond acceptors (Lipinski definition) is 8. The highest BCUT2D eigenvalue weighted by molar-refractivity contribution is 8.00. The van der Waals surface area contributed by atoms with Gasteiger partial charge in [0.15, 0.2) is 6.61 Å². The van der Waals surface area contributed by atoms with Crippen LogP contribution in [-0.4, -0.2) is 57.1 Å². The number of amides is 3. The SMILES string of the molecule is O=C(O)CCCCCN1C(=O)C2C3CC(C2C1=O)C1C3Sc2[nH]c(=O)sc2[C@@H]1c1ccccc1OCC(=O)Nc1ccc(F)cc1. The number of nitrogens with one attached hydrogen (secondary N) is 2. The van der Waals surface area contributed by atoms with Crippen molar-refractivity contribution in [2.75, 3.05) is 18.5 Å². The van der Waals surface area contributed by atoms with Crippen LogP contribution >= 0.6 is 23.1 Å². The zero-order valence-corrected chi connectivity index (χ0v) is 26.3. The summed E-state index contributed by atoms with van der Waals surface area (Å²) in [5.74, 6) is -2.65. The number of carboxylic acids is 1. The summed E-state index contributed by atoms with van der Waals surface area (Å²) in [5, 5.41) is 12.4. The number of hydrogen-bond donors (Lipinski definition) is 3. The van der Waals surface area contributed by atoms with Crippen molar-refractivity contribution in [3.63, 3.8) is 0 Å². The fourth-order valence-electron chi connectivity index (χ4n) is 8.11. The predicted octanol–water partition coefficient (Wildman–Crippen LogP) is 4.71. The Kier molecular flexibility index (Phi) is 8.22. The van der Waals surface area contributed by atoms with Crippen molar-refractivity contribution in [3.05, 3.63) is 74.5 Å². The fourth-order valence-corrected chi connectivity index (χ4v) is 11.0. The Hall–Kier alpha value is -3.97. The first-order valence-electron chi connectivity index (χ1n) is 15.4. The maximum Gasteiger partial charge on any atom is 0.305 e. The molecule has 1 aromatic heterocycles. The van der Waals surface area contributed by atoms with Crippen LogP contribution in [0.25, 0.3) is 0 Å². The van der Waals surface area contributed by atoms with Crippen molar-refractivity contribution in [3.8, 4) is 5.75 Å².